The van der Waals surface area contributed by atoms with Crippen molar-refractivity contribution in [1.82, 2.24) is 0 Å². The Morgan fingerprint density at radius 3 is 2.35 bits per heavy atom. The number of oxime groups is 1. The summed E-state index contributed by atoms with van der Waals surface area (Å²) in [6.07, 6.45) is 1.82. The summed E-state index contributed by atoms with van der Waals surface area (Å²) in [6, 6.07) is 18.1. The van der Waals surface area contributed by atoms with Crippen LogP contribution in [-0.2, 0) is 4.84 Å². The van der Waals surface area contributed by atoms with Gasteiger partial charge in [-0.05, 0) is 50.4 Å². The summed E-state index contributed by atoms with van der Waals surface area (Å²) >= 11 is 1.61. The molecule has 0 aliphatic heterocycles. The first-order valence-electron chi connectivity index (χ1n) is 7.35. The Morgan fingerprint density at radius 1 is 1.00 bits per heavy atom. The zero-order valence-corrected chi connectivity index (χ0v) is 14.4. The molecule has 0 amide bonds. The first kappa shape index (κ1) is 17.0. The molecule has 2 rings (SSSR count). The maximum atomic E-state index is 5.41. The largest absolute Gasteiger partial charge is 0.337 e. The van der Waals surface area contributed by atoms with Crippen LogP contribution in [0.2, 0.25) is 0 Å². The molecule has 3 nitrogen and oxygen atoms in total. The van der Waals surface area contributed by atoms with Crippen molar-refractivity contribution in [2.24, 2.45) is 10.1 Å². The summed E-state index contributed by atoms with van der Waals surface area (Å²) in [4.78, 5) is 11.1. The quantitative estimate of drug-likeness (QED) is 0.304. The van der Waals surface area contributed by atoms with E-state index in [9.17, 15) is 0 Å². The van der Waals surface area contributed by atoms with E-state index in [1.807, 2.05) is 74.7 Å². The summed E-state index contributed by atoms with van der Waals surface area (Å²) in [5.41, 5.74) is 2.87. The highest BCUT2D eigenvalue weighted by Gasteiger charge is 1.98. The number of aryl methyl sites for hydroxylation is 1. The van der Waals surface area contributed by atoms with Crippen molar-refractivity contribution in [2.45, 2.75) is 25.7 Å². The van der Waals surface area contributed by atoms with Crippen LogP contribution >= 0.6 is 11.8 Å². The Kier molecular flexibility index (Phi) is 6.63. The summed E-state index contributed by atoms with van der Waals surface area (Å²) in [5.74, 6) is 0.457. The van der Waals surface area contributed by atoms with Crippen LogP contribution in [0.4, 0.5) is 5.69 Å². The standard InChI is InChI=1S/C19H20N2OS/c1-15(2)21-22-19(20-17-11-9-16(3)10-12-17)13-14-23-18-7-5-4-6-8-18/h4-14H,1-3H3. The second-order valence-corrected chi connectivity index (χ2v) is 6.13. The van der Waals surface area contributed by atoms with E-state index in [1.54, 1.807) is 11.8 Å². The molecule has 0 N–H and O–H groups in total. The maximum absolute atomic E-state index is 5.41. The fourth-order valence-electron chi connectivity index (χ4n) is 1.64. The second-order valence-electron chi connectivity index (χ2n) is 5.15. The molecule has 0 fully saturated rings. The van der Waals surface area contributed by atoms with Crippen molar-refractivity contribution in [2.75, 3.05) is 0 Å². The van der Waals surface area contributed by atoms with Gasteiger partial charge in [0.15, 0.2) is 0 Å². The molecule has 0 aliphatic carbocycles. The molecule has 0 aliphatic rings. The van der Waals surface area contributed by atoms with E-state index in [-0.39, 0.29) is 0 Å². The van der Waals surface area contributed by atoms with E-state index in [2.05, 4.69) is 22.3 Å². The Balaban J connectivity index is 2.13. The molecule has 4 heteroatoms. The van der Waals surface area contributed by atoms with E-state index in [0.717, 1.165) is 16.3 Å². The number of benzene rings is 2. The molecule has 0 saturated carbocycles. The summed E-state index contributed by atoms with van der Waals surface area (Å²) < 4.78 is 0. The van der Waals surface area contributed by atoms with E-state index in [0.29, 0.717) is 5.90 Å². The Morgan fingerprint density at radius 2 is 1.70 bits per heavy atom. The zero-order valence-electron chi connectivity index (χ0n) is 13.6. The molecular weight excluding hydrogens is 304 g/mol. The molecule has 0 aromatic heterocycles. The van der Waals surface area contributed by atoms with E-state index >= 15 is 0 Å². The van der Waals surface area contributed by atoms with Gasteiger partial charge in [-0.1, -0.05) is 52.8 Å². The molecule has 0 spiro atoms. The van der Waals surface area contributed by atoms with Gasteiger partial charge in [0.25, 0.3) is 0 Å². The van der Waals surface area contributed by atoms with Crippen molar-refractivity contribution in [1.29, 1.82) is 0 Å². The highest BCUT2D eigenvalue weighted by molar-refractivity contribution is 8.02. The van der Waals surface area contributed by atoms with Crippen LogP contribution in [0.5, 0.6) is 0 Å². The molecule has 23 heavy (non-hydrogen) atoms. The normalized spacial score (nSPS) is 11.5. The average Bonchev–Trinajstić information content (AvgIpc) is 2.55. The molecule has 0 unspecified atom stereocenters. The molecule has 0 saturated heterocycles. The molecule has 0 radical (unpaired) electrons. The minimum absolute atomic E-state index is 0.457. The minimum Gasteiger partial charge on any atom is -0.337 e. The lowest BCUT2D eigenvalue weighted by atomic mass is 10.2. The summed E-state index contributed by atoms with van der Waals surface area (Å²) in [6.45, 7) is 5.81. The monoisotopic (exact) mass is 324 g/mol. The van der Waals surface area contributed by atoms with Crippen molar-refractivity contribution in [3.8, 4) is 0 Å². The van der Waals surface area contributed by atoms with Crippen LogP contribution in [0.25, 0.3) is 0 Å². The molecule has 0 bridgehead atoms. The van der Waals surface area contributed by atoms with Gasteiger partial charge in [-0.15, -0.1) is 0 Å². The molecule has 2 aromatic carbocycles. The van der Waals surface area contributed by atoms with Crippen LogP contribution < -0.4 is 0 Å². The fraction of sp³-hybridized carbons (Fsp3) is 0.158. The summed E-state index contributed by atoms with van der Waals surface area (Å²) in [5, 5.41) is 5.94. The topological polar surface area (TPSA) is 34.0 Å². The van der Waals surface area contributed by atoms with Gasteiger partial charge in [0, 0.05) is 11.0 Å². The van der Waals surface area contributed by atoms with Gasteiger partial charge in [0.05, 0.1) is 11.4 Å². The van der Waals surface area contributed by atoms with Gasteiger partial charge in [0.1, 0.15) is 0 Å². The number of hydrogen-bond acceptors (Lipinski definition) is 4. The van der Waals surface area contributed by atoms with Crippen molar-refractivity contribution in [3.63, 3.8) is 0 Å². The van der Waals surface area contributed by atoms with Crippen LogP contribution in [0.1, 0.15) is 19.4 Å². The third-order valence-electron chi connectivity index (χ3n) is 2.75. The van der Waals surface area contributed by atoms with Gasteiger partial charge in [-0.25, -0.2) is 4.99 Å². The number of nitrogens with zero attached hydrogens (tertiary/aromatic N) is 2. The van der Waals surface area contributed by atoms with Crippen molar-refractivity contribution < 1.29 is 4.84 Å². The van der Waals surface area contributed by atoms with Gasteiger partial charge in [-0.3, -0.25) is 0 Å². The molecule has 118 valence electrons. The highest BCUT2D eigenvalue weighted by atomic mass is 32.2. The van der Waals surface area contributed by atoms with Gasteiger partial charge in [-0.2, -0.15) is 0 Å². The van der Waals surface area contributed by atoms with Crippen molar-refractivity contribution in [3.05, 3.63) is 71.6 Å². The van der Waals surface area contributed by atoms with Crippen molar-refractivity contribution >= 4 is 29.1 Å². The maximum Gasteiger partial charge on any atom is 0.249 e. The fourth-order valence-corrected chi connectivity index (χ4v) is 2.30. The van der Waals surface area contributed by atoms with Gasteiger partial charge in [0.2, 0.25) is 5.90 Å². The lowest BCUT2D eigenvalue weighted by molar-refractivity contribution is 0.331. The number of aliphatic imine (C=N–C) groups is 1. The lowest BCUT2D eigenvalue weighted by Gasteiger charge is -2.01. The Bertz CT molecular complexity index is 700. The summed E-state index contributed by atoms with van der Waals surface area (Å²) in [7, 11) is 0. The molecular formula is C19H20N2OS. The second kappa shape index (κ2) is 8.96. The van der Waals surface area contributed by atoms with Gasteiger partial charge < -0.3 is 4.84 Å². The SMILES string of the molecule is CC(C)=NOC(C=CSc1ccccc1)=Nc1ccc(C)cc1. The van der Waals surface area contributed by atoms with Crippen LogP contribution in [-0.4, -0.2) is 11.6 Å². The third kappa shape index (κ3) is 6.53. The minimum atomic E-state index is 0.457. The van der Waals surface area contributed by atoms with E-state index in [4.69, 9.17) is 4.84 Å². The zero-order chi connectivity index (χ0) is 16.5. The Hall–Kier alpha value is -2.33. The van der Waals surface area contributed by atoms with Crippen LogP contribution in [0.3, 0.4) is 0 Å². The van der Waals surface area contributed by atoms with Crippen LogP contribution in [0.15, 0.2) is 81.1 Å². The molecule has 0 atom stereocenters. The highest BCUT2D eigenvalue weighted by Crippen LogP contribution is 2.19. The van der Waals surface area contributed by atoms with Gasteiger partial charge >= 0.3 is 0 Å². The Labute approximate surface area is 141 Å². The van der Waals surface area contributed by atoms with E-state index in [1.165, 1.54) is 5.56 Å². The number of hydrogen-bond donors (Lipinski definition) is 0. The average molecular weight is 324 g/mol. The lowest BCUT2D eigenvalue weighted by Crippen LogP contribution is -1.97. The number of rotatable bonds is 5. The predicted molar refractivity (Wildman–Crippen MR) is 99.6 cm³/mol. The molecule has 0 heterocycles. The molecule has 2 aromatic rings. The van der Waals surface area contributed by atoms with Crippen LogP contribution in [0, 0.1) is 6.92 Å². The first-order valence-corrected chi connectivity index (χ1v) is 8.23. The third-order valence-corrected chi connectivity index (χ3v) is 3.57. The smallest absolute Gasteiger partial charge is 0.249 e. The number of thioether (sulfide) groups is 1. The first-order chi connectivity index (χ1) is 11.1. The predicted octanol–water partition coefficient (Wildman–Crippen LogP) is 5.74. The van der Waals surface area contributed by atoms with E-state index < -0.39 is 0 Å².